The minimum absolute atomic E-state index is 0.209. The lowest BCUT2D eigenvalue weighted by Crippen LogP contribution is -2.31. The van der Waals surface area contributed by atoms with Gasteiger partial charge in [0, 0.05) is 16.6 Å². The Kier molecular flexibility index (Phi) is 4.76. The van der Waals surface area contributed by atoms with Gasteiger partial charge in [-0.3, -0.25) is 9.59 Å². The summed E-state index contributed by atoms with van der Waals surface area (Å²) in [6.45, 7) is 1.67. The van der Waals surface area contributed by atoms with E-state index in [4.69, 9.17) is 16.3 Å². The predicted octanol–water partition coefficient (Wildman–Crippen LogP) is 3.86. The van der Waals surface area contributed by atoms with E-state index in [1.165, 1.54) is 11.7 Å². The van der Waals surface area contributed by atoms with Gasteiger partial charge >= 0.3 is 0 Å². The highest BCUT2D eigenvalue weighted by atomic mass is 35.5. The first-order valence-electron chi connectivity index (χ1n) is 7.75. The van der Waals surface area contributed by atoms with Crippen LogP contribution in [-0.4, -0.2) is 17.6 Å². The molecular formula is C19H17ClN2O3. The zero-order chi connectivity index (χ0) is 18.0. The third-order valence-electron chi connectivity index (χ3n) is 4.06. The number of hydrogen-bond acceptors (Lipinski definition) is 3. The van der Waals surface area contributed by atoms with Crippen molar-refractivity contribution >= 4 is 34.0 Å². The molecule has 1 amide bonds. The molecule has 1 heterocycles. The van der Waals surface area contributed by atoms with Gasteiger partial charge < -0.3 is 14.6 Å². The van der Waals surface area contributed by atoms with Crippen molar-refractivity contribution in [1.29, 1.82) is 0 Å². The molecule has 0 aliphatic rings. The van der Waals surface area contributed by atoms with Crippen LogP contribution in [0.1, 0.15) is 13.0 Å². The van der Waals surface area contributed by atoms with Gasteiger partial charge in [-0.1, -0.05) is 29.8 Å². The van der Waals surface area contributed by atoms with Crippen LogP contribution in [0.3, 0.4) is 0 Å². The molecule has 0 saturated carbocycles. The van der Waals surface area contributed by atoms with Gasteiger partial charge in [0.25, 0.3) is 5.56 Å². The van der Waals surface area contributed by atoms with Gasteiger partial charge in [0.1, 0.15) is 11.8 Å². The minimum atomic E-state index is -0.694. The summed E-state index contributed by atoms with van der Waals surface area (Å²) in [4.78, 5) is 25.3. The Morgan fingerprint density at radius 3 is 2.72 bits per heavy atom. The number of rotatable bonds is 4. The van der Waals surface area contributed by atoms with Crippen molar-refractivity contribution in [3.8, 4) is 5.75 Å². The molecule has 0 saturated heterocycles. The van der Waals surface area contributed by atoms with Crippen LogP contribution in [0.2, 0.25) is 5.02 Å². The number of aromatic nitrogens is 1. The Bertz CT molecular complexity index is 997. The zero-order valence-corrected chi connectivity index (χ0v) is 14.6. The van der Waals surface area contributed by atoms with Crippen molar-refractivity contribution in [3.05, 3.63) is 70.1 Å². The van der Waals surface area contributed by atoms with E-state index in [0.717, 1.165) is 5.39 Å². The number of ether oxygens (including phenoxy) is 1. The summed E-state index contributed by atoms with van der Waals surface area (Å²) in [6.07, 6.45) is 1.63. The number of nitrogens with one attached hydrogen (secondary N) is 1. The number of methoxy groups -OCH3 is 1. The number of carbonyl (C=O) groups excluding carboxylic acids is 1. The maximum absolute atomic E-state index is 12.6. The number of halogens is 1. The molecule has 1 atom stereocenters. The molecule has 6 heteroatoms. The first kappa shape index (κ1) is 17.0. The number of benzene rings is 2. The van der Waals surface area contributed by atoms with Gasteiger partial charge in [-0.2, -0.15) is 0 Å². The van der Waals surface area contributed by atoms with E-state index in [2.05, 4.69) is 5.32 Å². The summed E-state index contributed by atoms with van der Waals surface area (Å²) in [7, 11) is 1.51. The van der Waals surface area contributed by atoms with E-state index < -0.39 is 6.04 Å². The summed E-state index contributed by atoms with van der Waals surface area (Å²) in [5.74, 6) is 0.161. The maximum atomic E-state index is 12.6. The molecule has 1 aromatic heterocycles. The van der Waals surface area contributed by atoms with E-state index in [0.29, 0.717) is 21.8 Å². The van der Waals surface area contributed by atoms with Crippen molar-refractivity contribution in [2.24, 2.45) is 0 Å². The van der Waals surface area contributed by atoms with Crippen molar-refractivity contribution in [2.45, 2.75) is 13.0 Å². The molecule has 0 spiro atoms. The van der Waals surface area contributed by atoms with Gasteiger partial charge in [0.15, 0.2) is 0 Å². The summed E-state index contributed by atoms with van der Waals surface area (Å²) >= 11 is 5.98. The summed E-state index contributed by atoms with van der Waals surface area (Å²) < 4.78 is 6.64. The number of pyridine rings is 1. The Morgan fingerprint density at radius 2 is 1.96 bits per heavy atom. The number of amides is 1. The van der Waals surface area contributed by atoms with Gasteiger partial charge in [-0.15, -0.1) is 0 Å². The Hall–Kier alpha value is -2.79. The second kappa shape index (κ2) is 6.99. The van der Waals surface area contributed by atoms with E-state index >= 15 is 0 Å². The molecule has 1 N–H and O–H groups in total. The number of carbonyl (C=O) groups is 1. The standard InChI is InChI=1S/C19H17ClN2O3/c1-12(18(23)21-16-11-14(20)7-8-17(16)25-2)22-10-9-13-5-3-4-6-15(13)19(22)24/h3-12H,1-2H3,(H,21,23). The van der Waals surface area contributed by atoms with E-state index in [1.807, 2.05) is 18.2 Å². The van der Waals surface area contributed by atoms with Crippen LogP contribution < -0.4 is 15.6 Å². The van der Waals surface area contributed by atoms with E-state index in [9.17, 15) is 9.59 Å². The molecule has 5 nitrogen and oxygen atoms in total. The Balaban J connectivity index is 1.92. The molecule has 0 radical (unpaired) electrons. The van der Waals surface area contributed by atoms with Gasteiger partial charge in [0.2, 0.25) is 5.91 Å². The van der Waals surface area contributed by atoms with Crippen LogP contribution in [0.25, 0.3) is 10.8 Å². The van der Waals surface area contributed by atoms with Crippen molar-refractivity contribution in [2.75, 3.05) is 12.4 Å². The molecule has 128 valence electrons. The summed E-state index contributed by atoms with van der Waals surface area (Å²) in [5.41, 5.74) is 0.250. The quantitative estimate of drug-likeness (QED) is 0.772. The van der Waals surface area contributed by atoms with Crippen molar-refractivity contribution in [3.63, 3.8) is 0 Å². The first-order chi connectivity index (χ1) is 12.0. The predicted molar refractivity (Wildman–Crippen MR) is 99.6 cm³/mol. The van der Waals surface area contributed by atoms with Gasteiger partial charge in [-0.05, 0) is 42.6 Å². The lowest BCUT2D eigenvalue weighted by atomic mass is 10.1. The fourth-order valence-electron chi connectivity index (χ4n) is 2.65. The highest BCUT2D eigenvalue weighted by Gasteiger charge is 2.18. The van der Waals surface area contributed by atoms with Crippen molar-refractivity contribution < 1.29 is 9.53 Å². The zero-order valence-electron chi connectivity index (χ0n) is 13.8. The third kappa shape index (κ3) is 3.37. The average molecular weight is 357 g/mol. The number of anilines is 1. The van der Waals surface area contributed by atoms with Crippen LogP contribution in [0.4, 0.5) is 5.69 Å². The highest BCUT2D eigenvalue weighted by Crippen LogP contribution is 2.28. The van der Waals surface area contributed by atoms with Gasteiger partial charge in [0.05, 0.1) is 12.8 Å². The SMILES string of the molecule is COc1ccc(Cl)cc1NC(=O)C(C)n1ccc2ccccc2c1=O. The molecule has 3 rings (SSSR count). The third-order valence-corrected chi connectivity index (χ3v) is 4.29. The molecule has 2 aromatic carbocycles. The van der Waals surface area contributed by atoms with Crippen LogP contribution >= 0.6 is 11.6 Å². The molecule has 0 aliphatic heterocycles. The average Bonchev–Trinajstić information content (AvgIpc) is 2.62. The monoisotopic (exact) mass is 356 g/mol. The largest absolute Gasteiger partial charge is 0.495 e. The molecule has 0 aliphatic carbocycles. The molecule has 0 bridgehead atoms. The van der Waals surface area contributed by atoms with E-state index in [1.54, 1.807) is 43.5 Å². The fourth-order valence-corrected chi connectivity index (χ4v) is 2.82. The van der Waals surface area contributed by atoms with E-state index in [-0.39, 0.29) is 11.5 Å². The maximum Gasteiger partial charge on any atom is 0.259 e. The topological polar surface area (TPSA) is 60.3 Å². The smallest absolute Gasteiger partial charge is 0.259 e. The van der Waals surface area contributed by atoms with Gasteiger partial charge in [-0.25, -0.2) is 0 Å². The van der Waals surface area contributed by atoms with Crippen LogP contribution in [0.5, 0.6) is 5.75 Å². The highest BCUT2D eigenvalue weighted by molar-refractivity contribution is 6.31. The fraction of sp³-hybridized carbons (Fsp3) is 0.158. The Morgan fingerprint density at radius 1 is 1.20 bits per heavy atom. The van der Waals surface area contributed by atoms with Crippen LogP contribution in [0.15, 0.2) is 59.5 Å². The van der Waals surface area contributed by atoms with Crippen LogP contribution in [0, 0.1) is 0 Å². The molecule has 0 fully saturated rings. The lowest BCUT2D eigenvalue weighted by molar-refractivity contribution is -0.118. The molecule has 1 unspecified atom stereocenters. The normalized spacial score (nSPS) is 12.0. The number of hydrogen-bond donors (Lipinski definition) is 1. The summed E-state index contributed by atoms with van der Waals surface area (Å²) in [6, 6.07) is 13.4. The minimum Gasteiger partial charge on any atom is -0.495 e. The second-order valence-corrected chi connectivity index (χ2v) is 6.06. The lowest BCUT2D eigenvalue weighted by Gasteiger charge is -2.17. The Labute approximate surface area is 149 Å². The second-order valence-electron chi connectivity index (χ2n) is 5.63. The summed E-state index contributed by atoms with van der Waals surface area (Å²) in [5, 5.41) is 4.66. The molecular weight excluding hydrogens is 340 g/mol. The van der Waals surface area contributed by atoms with Crippen LogP contribution in [-0.2, 0) is 4.79 Å². The first-order valence-corrected chi connectivity index (χ1v) is 8.13. The number of fused-ring (bicyclic) bond motifs is 1. The number of nitrogens with zero attached hydrogens (tertiary/aromatic N) is 1. The molecule has 25 heavy (non-hydrogen) atoms. The van der Waals surface area contributed by atoms with Crippen molar-refractivity contribution in [1.82, 2.24) is 4.57 Å². The molecule has 3 aromatic rings.